The molecule has 6 heteroatoms. The number of nitrogens with two attached hydrogens (primary N) is 1. The van der Waals surface area contributed by atoms with Crippen molar-refractivity contribution in [3.8, 4) is 0 Å². The van der Waals surface area contributed by atoms with Crippen molar-refractivity contribution in [3.05, 3.63) is 36.0 Å². The van der Waals surface area contributed by atoms with E-state index in [1.54, 1.807) is 0 Å². The number of carbonyl (C=O) groups is 1. The summed E-state index contributed by atoms with van der Waals surface area (Å²) >= 11 is 0. The number of urea groups is 1. The lowest BCUT2D eigenvalue weighted by atomic mass is 10.2. The minimum absolute atomic E-state index is 0.371. The van der Waals surface area contributed by atoms with Gasteiger partial charge < -0.3 is 11.1 Å². The summed E-state index contributed by atoms with van der Waals surface area (Å²) in [7, 11) is 0. The summed E-state index contributed by atoms with van der Waals surface area (Å²) in [6, 6.07) is 7.11. The normalized spacial score (nSPS) is 9.94. The van der Waals surface area contributed by atoms with Gasteiger partial charge in [0.25, 0.3) is 0 Å². The lowest BCUT2D eigenvalue weighted by molar-refractivity contribution is 0.262. The quantitative estimate of drug-likeness (QED) is 0.636. The van der Waals surface area contributed by atoms with Crippen molar-refractivity contribution >= 4 is 23.2 Å². The summed E-state index contributed by atoms with van der Waals surface area (Å²) in [6.45, 7) is 1.98. The van der Waals surface area contributed by atoms with Crippen LogP contribution in [0.5, 0.6) is 0 Å². The van der Waals surface area contributed by atoms with Crippen LogP contribution in [-0.4, -0.2) is 16.2 Å². The smallest absolute Gasteiger partial charge is 0.324 e. The molecule has 0 saturated heterocycles. The first kappa shape index (κ1) is 11.0. The Hall–Kier alpha value is -2.50. The second kappa shape index (κ2) is 4.56. The van der Waals surface area contributed by atoms with E-state index in [1.165, 1.54) is 6.20 Å². The van der Waals surface area contributed by atoms with Gasteiger partial charge in [0.05, 0.1) is 11.9 Å². The Kier molecular flexibility index (Phi) is 2.95. The maximum absolute atomic E-state index is 11.6. The number of nitrogen functional groups attached to an aromatic ring is 1. The van der Waals surface area contributed by atoms with E-state index < -0.39 is 0 Å². The van der Waals surface area contributed by atoms with Gasteiger partial charge in [0.15, 0.2) is 5.82 Å². The van der Waals surface area contributed by atoms with Gasteiger partial charge in [-0.2, -0.15) is 5.10 Å². The van der Waals surface area contributed by atoms with Gasteiger partial charge in [-0.1, -0.05) is 17.7 Å². The predicted octanol–water partition coefficient (Wildman–Crippen LogP) is 1.94. The van der Waals surface area contributed by atoms with Crippen molar-refractivity contribution in [2.45, 2.75) is 6.92 Å². The van der Waals surface area contributed by atoms with Crippen LogP contribution in [0.25, 0.3) is 0 Å². The molecule has 0 aliphatic rings. The highest BCUT2D eigenvalue weighted by atomic mass is 16.2. The van der Waals surface area contributed by atoms with Gasteiger partial charge in [-0.3, -0.25) is 10.4 Å². The number of rotatable bonds is 2. The largest absolute Gasteiger partial charge is 0.394 e. The molecule has 17 heavy (non-hydrogen) atoms. The van der Waals surface area contributed by atoms with E-state index in [0.717, 1.165) is 5.56 Å². The number of hydrogen-bond acceptors (Lipinski definition) is 3. The minimum Gasteiger partial charge on any atom is -0.394 e. The number of amides is 2. The fraction of sp³-hybridized carbons (Fsp3) is 0.0909. The Balaban J connectivity index is 1.98. The molecule has 0 radical (unpaired) electrons. The van der Waals surface area contributed by atoms with Gasteiger partial charge in [-0.15, -0.1) is 0 Å². The number of nitrogens with zero attached hydrogens (tertiary/aromatic N) is 1. The zero-order valence-electron chi connectivity index (χ0n) is 9.32. The fourth-order valence-corrected chi connectivity index (χ4v) is 1.31. The molecule has 0 fully saturated rings. The van der Waals surface area contributed by atoms with Gasteiger partial charge in [0.2, 0.25) is 0 Å². The first-order chi connectivity index (χ1) is 8.15. The SMILES string of the molecule is Cc1ccc(NC(=O)Nc2[nH]ncc2N)cc1. The van der Waals surface area contributed by atoms with Crippen LogP contribution in [0.4, 0.5) is 22.0 Å². The van der Waals surface area contributed by atoms with E-state index in [4.69, 9.17) is 5.73 Å². The molecule has 1 aromatic carbocycles. The Morgan fingerprint density at radius 1 is 1.29 bits per heavy atom. The minimum atomic E-state index is -0.371. The van der Waals surface area contributed by atoms with Crippen molar-refractivity contribution in [1.82, 2.24) is 10.2 Å². The summed E-state index contributed by atoms with van der Waals surface area (Å²) in [5, 5.41) is 11.5. The van der Waals surface area contributed by atoms with Crippen LogP contribution in [0.1, 0.15) is 5.56 Å². The van der Waals surface area contributed by atoms with Crippen LogP contribution in [0, 0.1) is 6.92 Å². The standard InChI is InChI=1S/C11H13N5O/c1-7-2-4-8(5-3-7)14-11(17)15-10-9(12)6-13-16-10/h2-6H,12H2,1H3,(H3,13,14,15,16,17). The molecule has 1 aromatic heterocycles. The number of H-pyrrole nitrogens is 1. The molecule has 0 unspecified atom stereocenters. The molecular formula is C11H13N5O. The molecule has 0 saturated carbocycles. The number of aryl methyl sites for hydroxylation is 1. The second-order valence-electron chi connectivity index (χ2n) is 3.65. The Morgan fingerprint density at radius 2 is 2.00 bits per heavy atom. The molecule has 5 N–H and O–H groups in total. The summed E-state index contributed by atoms with van der Waals surface area (Å²) in [6.07, 6.45) is 1.43. The van der Waals surface area contributed by atoms with Crippen LogP contribution < -0.4 is 16.4 Å². The number of carbonyl (C=O) groups excluding carboxylic acids is 1. The van der Waals surface area contributed by atoms with E-state index in [0.29, 0.717) is 17.2 Å². The lowest BCUT2D eigenvalue weighted by Crippen LogP contribution is -2.20. The van der Waals surface area contributed by atoms with Crippen molar-refractivity contribution in [2.24, 2.45) is 0 Å². The van der Waals surface area contributed by atoms with E-state index in [9.17, 15) is 4.79 Å². The monoisotopic (exact) mass is 231 g/mol. The molecule has 2 amide bonds. The molecule has 0 spiro atoms. The Labute approximate surface area is 98.2 Å². The molecule has 6 nitrogen and oxygen atoms in total. The third kappa shape index (κ3) is 2.75. The molecule has 0 aliphatic heterocycles. The number of aromatic nitrogens is 2. The number of aromatic amines is 1. The number of anilines is 3. The van der Waals surface area contributed by atoms with Crippen LogP contribution in [0.2, 0.25) is 0 Å². The van der Waals surface area contributed by atoms with Gasteiger partial charge >= 0.3 is 6.03 Å². The van der Waals surface area contributed by atoms with Crippen molar-refractivity contribution < 1.29 is 4.79 Å². The molecule has 0 aliphatic carbocycles. The van der Waals surface area contributed by atoms with Gasteiger partial charge in [-0.05, 0) is 19.1 Å². The summed E-state index contributed by atoms with van der Waals surface area (Å²) < 4.78 is 0. The number of benzene rings is 1. The first-order valence-corrected chi connectivity index (χ1v) is 5.08. The van der Waals surface area contributed by atoms with E-state index >= 15 is 0 Å². The number of hydrogen-bond donors (Lipinski definition) is 4. The van der Waals surface area contributed by atoms with Crippen LogP contribution in [0.15, 0.2) is 30.5 Å². The third-order valence-corrected chi connectivity index (χ3v) is 2.22. The average molecular weight is 231 g/mol. The molecule has 2 rings (SSSR count). The average Bonchev–Trinajstić information content (AvgIpc) is 2.68. The van der Waals surface area contributed by atoms with Crippen molar-refractivity contribution in [1.29, 1.82) is 0 Å². The molecule has 88 valence electrons. The molecular weight excluding hydrogens is 218 g/mol. The molecule has 1 heterocycles. The Morgan fingerprint density at radius 3 is 2.59 bits per heavy atom. The lowest BCUT2D eigenvalue weighted by Gasteiger charge is -2.06. The highest BCUT2D eigenvalue weighted by Gasteiger charge is 2.06. The summed E-state index contributed by atoms with van der Waals surface area (Å²) in [5.41, 5.74) is 7.81. The summed E-state index contributed by atoms with van der Waals surface area (Å²) in [5.74, 6) is 0.384. The molecule has 0 bridgehead atoms. The first-order valence-electron chi connectivity index (χ1n) is 5.08. The zero-order chi connectivity index (χ0) is 12.3. The maximum atomic E-state index is 11.6. The third-order valence-electron chi connectivity index (χ3n) is 2.22. The van der Waals surface area contributed by atoms with Gasteiger partial charge in [0.1, 0.15) is 0 Å². The highest BCUT2D eigenvalue weighted by Crippen LogP contribution is 2.13. The fourth-order valence-electron chi connectivity index (χ4n) is 1.31. The van der Waals surface area contributed by atoms with Crippen molar-refractivity contribution in [3.63, 3.8) is 0 Å². The van der Waals surface area contributed by atoms with E-state index in [1.807, 2.05) is 31.2 Å². The predicted molar refractivity (Wildman–Crippen MR) is 66.8 cm³/mol. The van der Waals surface area contributed by atoms with Crippen molar-refractivity contribution in [2.75, 3.05) is 16.4 Å². The van der Waals surface area contributed by atoms with Gasteiger partial charge in [-0.25, -0.2) is 4.79 Å². The van der Waals surface area contributed by atoms with Crippen LogP contribution in [0.3, 0.4) is 0 Å². The highest BCUT2D eigenvalue weighted by molar-refractivity contribution is 6.00. The topological polar surface area (TPSA) is 95.8 Å². The van der Waals surface area contributed by atoms with E-state index in [2.05, 4.69) is 20.8 Å². The number of nitrogens with one attached hydrogen (secondary N) is 3. The second-order valence-corrected chi connectivity index (χ2v) is 3.65. The zero-order valence-corrected chi connectivity index (χ0v) is 9.32. The molecule has 2 aromatic rings. The Bertz CT molecular complexity index is 517. The van der Waals surface area contributed by atoms with E-state index in [-0.39, 0.29) is 6.03 Å². The maximum Gasteiger partial charge on any atom is 0.324 e. The van der Waals surface area contributed by atoms with Crippen LogP contribution >= 0.6 is 0 Å². The van der Waals surface area contributed by atoms with Crippen LogP contribution in [-0.2, 0) is 0 Å². The van der Waals surface area contributed by atoms with Gasteiger partial charge in [0, 0.05) is 5.69 Å². The summed E-state index contributed by atoms with van der Waals surface area (Å²) in [4.78, 5) is 11.6. The molecule has 0 atom stereocenters.